The van der Waals surface area contributed by atoms with E-state index in [-0.39, 0.29) is 5.57 Å². The maximum absolute atomic E-state index is 12.5. The Kier molecular flexibility index (Phi) is 6.69. The number of rotatable bonds is 6. The number of carbonyl (C=O) groups excluding carboxylic acids is 1. The largest absolute Gasteiger partial charge is 0.493 e. The third-order valence-electron chi connectivity index (χ3n) is 3.88. The lowest BCUT2D eigenvalue weighted by molar-refractivity contribution is -0.112. The normalized spacial score (nSPS) is 10.7. The lowest BCUT2D eigenvalue weighted by Crippen LogP contribution is -2.14. The van der Waals surface area contributed by atoms with Crippen molar-refractivity contribution in [3.8, 4) is 23.3 Å². The molecule has 0 atom stereocenters. The van der Waals surface area contributed by atoms with E-state index >= 15 is 0 Å². The Balaban J connectivity index is 2.39. The molecule has 0 aromatic heterocycles. The third-order valence-corrected chi connectivity index (χ3v) is 4.29. The summed E-state index contributed by atoms with van der Waals surface area (Å²) in [4.78, 5) is 12.5. The Hall–Kier alpha value is -3.17. The van der Waals surface area contributed by atoms with Crippen LogP contribution in [0.1, 0.15) is 11.1 Å². The second kappa shape index (κ2) is 8.97. The summed E-state index contributed by atoms with van der Waals surface area (Å²) in [7, 11) is 4.48. The van der Waals surface area contributed by atoms with Gasteiger partial charge in [0.1, 0.15) is 11.6 Å². The number of carbonyl (C=O) groups is 1. The summed E-state index contributed by atoms with van der Waals surface area (Å²) in [5, 5.41) is 12.6. The Labute approximate surface area is 162 Å². The van der Waals surface area contributed by atoms with E-state index in [1.54, 1.807) is 37.3 Å². The molecule has 2 aromatic carbocycles. The molecule has 0 aliphatic rings. The molecule has 27 heavy (non-hydrogen) atoms. The molecule has 0 radical (unpaired) electrons. The van der Waals surface area contributed by atoms with Crippen LogP contribution in [0.15, 0.2) is 35.9 Å². The first-order chi connectivity index (χ1) is 12.9. The van der Waals surface area contributed by atoms with Gasteiger partial charge in [0, 0.05) is 10.7 Å². The van der Waals surface area contributed by atoms with Crippen molar-refractivity contribution in [2.24, 2.45) is 0 Å². The van der Waals surface area contributed by atoms with E-state index in [0.29, 0.717) is 33.5 Å². The minimum Gasteiger partial charge on any atom is -0.493 e. The SMILES string of the molecule is COc1cc(/C=C(\C#N)C(=O)Nc2cccc(Cl)c2C)cc(OC)c1OC. The van der Waals surface area contributed by atoms with Crippen LogP contribution in [-0.4, -0.2) is 27.2 Å². The molecule has 1 amide bonds. The summed E-state index contributed by atoms with van der Waals surface area (Å²) in [6, 6.07) is 10.4. The fourth-order valence-corrected chi connectivity index (χ4v) is 2.61. The quantitative estimate of drug-likeness (QED) is 0.593. The van der Waals surface area contributed by atoms with Crippen LogP contribution in [0.2, 0.25) is 5.02 Å². The summed E-state index contributed by atoms with van der Waals surface area (Å²) in [5.41, 5.74) is 1.73. The Morgan fingerprint density at radius 3 is 2.30 bits per heavy atom. The molecule has 0 saturated heterocycles. The molecule has 140 valence electrons. The van der Waals surface area contributed by atoms with Crippen molar-refractivity contribution in [2.75, 3.05) is 26.6 Å². The second-order valence-electron chi connectivity index (χ2n) is 5.50. The number of nitrogens with zero attached hydrogens (tertiary/aromatic N) is 1. The van der Waals surface area contributed by atoms with Crippen LogP contribution < -0.4 is 19.5 Å². The fraction of sp³-hybridized carbons (Fsp3) is 0.200. The highest BCUT2D eigenvalue weighted by molar-refractivity contribution is 6.31. The Morgan fingerprint density at radius 2 is 1.78 bits per heavy atom. The molecular weight excluding hydrogens is 368 g/mol. The Bertz CT molecular complexity index is 907. The Morgan fingerprint density at radius 1 is 1.15 bits per heavy atom. The summed E-state index contributed by atoms with van der Waals surface area (Å²) in [6.45, 7) is 1.78. The van der Waals surface area contributed by atoms with Gasteiger partial charge in [-0.1, -0.05) is 17.7 Å². The van der Waals surface area contributed by atoms with Gasteiger partial charge in [-0.25, -0.2) is 0 Å². The number of halogens is 1. The molecule has 1 N–H and O–H groups in total. The summed E-state index contributed by atoms with van der Waals surface area (Å²) < 4.78 is 15.8. The number of nitrogens with one attached hydrogen (secondary N) is 1. The highest BCUT2D eigenvalue weighted by Gasteiger charge is 2.15. The summed E-state index contributed by atoms with van der Waals surface area (Å²) in [5.74, 6) is 0.726. The van der Waals surface area contributed by atoms with Crippen LogP contribution in [0.25, 0.3) is 6.08 Å². The number of ether oxygens (including phenoxy) is 3. The maximum Gasteiger partial charge on any atom is 0.266 e. The van der Waals surface area contributed by atoms with Gasteiger partial charge in [0.05, 0.1) is 21.3 Å². The van der Waals surface area contributed by atoms with E-state index in [4.69, 9.17) is 25.8 Å². The lowest BCUT2D eigenvalue weighted by atomic mass is 10.1. The van der Waals surface area contributed by atoms with Gasteiger partial charge in [0.25, 0.3) is 5.91 Å². The first-order valence-corrected chi connectivity index (χ1v) is 8.31. The van der Waals surface area contributed by atoms with Crippen LogP contribution in [0.5, 0.6) is 17.2 Å². The lowest BCUT2D eigenvalue weighted by Gasteiger charge is -2.13. The van der Waals surface area contributed by atoms with Crippen LogP contribution >= 0.6 is 11.6 Å². The summed E-state index contributed by atoms with van der Waals surface area (Å²) in [6.07, 6.45) is 1.44. The van der Waals surface area contributed by atoms with Gasteiger partial charge in [-0.05, 0) is 48.4 Å². The minimum absolute atomic E-state index is 0.0800. The maximum atomic E-state index is 12.5. The average Bonchev–Trinajstić information content (AvgIpc) is 2.68. The average molecular weight is 387 g/mol. The van der Waals surface area contributed by atoms with Crippen LogP contribution in [0, 0.1) is 18.3 Å². The zero-order valence-corrected chi connectivity index (χ0v) is 16.2. The number of benzene rings is 2. The number of hydrogen-bond donors (Lipinski definition) is 1. The monoisotopic (exact) mass is 386 g/mol. The van der Waals surface area contributed by atoms with Gasteiger partial charge in [-0.3, -0.25) is 4.79 Å². The number of methoxy groups -OCH3 is 3. The highest BCUT2D eigenvalue weighted by atomic mass is 35.5. The number of anilines is 1. The van der Waals surface area contributed by atoms with E-state index < -0.39 is 5.91 Å². The molecule has 6 nitrogen and oxygen atoms in total. The van der Waals surface area contributed by atoms with Crippen molar-refractivity contribution < 1.29 is 19.0 Å². The van der Waals surface area contributed by atoms with Crippen LogP contribution in [0.3, 0.4) is 0 Å². The molecule has 7 heteroatoms. The molecule has 0 unspecified atom stereocenters. The van der Waals surface area contributed by atoms with Gasteiger partial charge in [-0.2, -0.15) is 5.26 Å². The van der Waals surface area contributed by atoms with Gasteiger partial charge >= 0.3 is 0 Å². The van der Waals surface area contributed by atoms with Gasteiger partial charge in [0.2, 0.25) is 5.75 Å². The van der Waals surface area contributed by atoms with E-state index in [1.807, 2.05) is 6.07 Å². The molecule has 2 rings (SSSR count). The number of nitriles is 1. The molecule has 0 bridgehead atoms. The van der Waals surface area contributed by atoms with E-state index in [1.165, 1.54) is 27.4 Å². The van der Waals surface area contributed by atoms with E-state index in [2.05, 4.69) is 5.32 Å². The second-order valence-corrected chi connectivity index (χ2v) is 5.90. The van der Waals surface area contributed by atoms with Crippen molar-refractivity contribution in [2.45, 2.75) is 6.92 Å². The third kappa shape index (κ3) is 4.52. The molecule has 0 aliphatic carbocycles. The predicted octanol–water partition coefficient (Wildman–Crippen LogP) is 4.22. The van der Waals surface area contributed by atoms with Crippen molar-refractivity contribution in [3.63, 3.8) is 0 Å². The molecule has 0 saturated carbocycles. The van der Waals surface area contributed by atoms with Crippen molar-refractivity contribution in [1.29, 1.82) is 5.26 Å². The molecular formula is C20H19ClN2O4. The van der Waals surface area contributed by atoms with Crippen molar-refractivity contribution in [1.82, 2.24) is 0 Å². The zero-order valence-electron chi connectivity index (χ0n) is 15.4. The first kappa shape index (κ1) is 20.1. The van der Waals surface area contributed by atoms with Crippen LogP contribution in [0.4, 0.5) is 5.69 Å². The standard InChI is InChI=1S/C20H19ClN2O4/c1-12-15(21)6-5-7-16(12)23-20(24)14(11-22)8-13-9-17(25-2)19(27-4)18(10-13)26-3/h5-10H,1-4H3,(H,23,24)/b14-8+. The summed E-state index contributed by atoms with van der Waals surface area (Å²) >= 11 is 6.07. The molecule has 0 heterocycles. The zero-order chi connectivity index (χ0) is 20.0. The van der Waals surface area contributed by atoms with Crippen molar-refractivity contribution in [3.05, 3.63) is 52.1 Å². The van der Waals surface area contributed by atoms with Gasteiger partial charge < -0.3 is 19.5 Å². The molecule has 0 spiro atoms. The van der Waals surface area contributed by atoms with Crippen molar-refractivity contribution >= 4 is 29.3 Å². The molecule has 0 fully saturated rings. The van der Waals surface area contributed by atoms with Gasteiger partial charge in [0.15, 0.2) is 11.5 Å². The van der Waals surface area contributed by atoms with E-state index in [0.717, 1.165) is 5.56 Å². The minimum atomic E-state index is -0.545. The number of amides is 1. The molecule has 0 aliphatic heterocycles. The highest BCUT2D eigenvalue weighted by Crippen LogP contribution is 2.38. The number of hydrogen-bond acceptors (Lipinski definition) is 5. The smallest absolute Gasteiger partial charge is 0.266 e. The first-order valence-electron chi connectivity index (χ1n) is 7.93. The topological polar surface area (TPSA) is 80.6 Å². The van der Waals surface area contributed by atoms with E-state index in [9.17, 15) is 10.1 Å². The van der Waals surface area contributed by atoms with Crippen LogP contribution in [-0.2, 0) is 4.79 Å². The molecule has 2 aromatic rings. The van der Waals surface area contributed by atoms with Gasteiger partial charge in [-0.15, -0.1) is 0 Å². The fourth-order valence-electron chi connectivity index (χ4n) is 2.43. The predicted molar refractivity (Wildman–Crippen MR) is 105 cm³/mol.